The van der Waals surface area contributed by atoms with Crippen molar-refractivity contribution in [2.24, 2.45) is 7.05 Å². The Morgan fingerprint density at radius 1 is 1.17 bits per heavy atom. The predicted molar refractivity (Wildman–Crippen MR) is 75.5 cm³/mol. The summed E-state index contributed by atoms with van der Waals surface area (Å²) in [4.78, 5) is 0. The number of aryl methyl sites for hydroxylation is 1. The van der Waals surface area contributed by atoms with E-state index in [-0.39, 0.29) is 6.10 Å². The van der Waals surface area contributed by atoms with Crippen LogP contribution in [0.4, 0.5) is 0 Å². The Labute approximate surface area is 111 Å². The monoisotopic (exact) mass is 252 g/mol. The number of hydrogen-bond donors (Lipinski definition) is 1. The van der Waals surface area contributed by atoms with Gasteiger partial charge in [-0.1, -0.05) is 51.9 Å². The predicted octanol–water partition coefficient (Wildman–Crippen LogP) is 3.46. The summed E-state index contributed by atoms with van der Waals surface area (Å²) in [5.41, 5.74) is 0.993. The van der Waals surface area contributed by atoms with Crippen LogP contribution in [-0.2, 0) is 13.5 Å². The van der Waals surface area contributed by atoms with Crippen molar-refractivity contribution in [3.05, 3.63) is 18.0 Å². The molecule has 0 aliphatic carbocycles. The molecule has 0 saturated heterocycles. The van der Waals surface area contributed by atoms with Crippen LogP contribution in [0.2, 0.25) is 0 Å². The van der Waals surface area contributed by atoms with Gasteiger partial charge in [0.2, 0.25) is 0 Å². The van der Waals surface area contributed by atoms with Gasteiger partial charge in [0.05, 0.1) is 11.8 Å². The van der Waals surface area contributed by atoms with Gasteiger partial charge in [-0.15, -0.1) is 0 Å². The van der Waals surface area contributed by atoms with Crippen molar-refractivity contribution in [2.75, 3.05) is 0 Å². The Bertz CT molecular complexity index is 309. The Balaban J connectivity index is 1.98. The van der Waals surface area contributed by atoms with E-state index in [9.17, 15) is 5.11 Å². The largest absolute Gasteiger partial charge is 0.393 e. The lowest BCUT2D eigenvalue weighted by Crippen LogP contribution is -2.11. The fraction of sp³-hybridized carbons (Fsp3) is 0.800. The lowest BCUT2D eigenvalue weighted by Gasteiger charge is -2.08. The Morgan fingerprint density at radius 3 is 2.44 bits per heavy atom. The van der Waals surface area contributed by atoms with E-state index >= 15 is 0 Å². The molecule has 0 saturated carbocycles. The second-order valence-corrected chi connectivity index (χ2v) is 5.25. The van der Waals surface area contributed by atoms with Crippen LogP contribution in [0.5, 0.6) is 0 Å². The summed E-state index contributed by atoms with van der Waals surface area (Å²) in [5.74, 6) is 0. The van der Waals surface area contributed by atoms with E-state index in [4.69, 9.17) is 0 Å². The van der Waals surface area contributed by atoms with Crippen molar-refractivity contribution in [1.82, 2.24) is 9.78 Å². The quantitative estimate of drug-likeness (QED) is 0.648. The number of aliphatic hydroxyl groups excluding tert-OH is 1. The van der Waals surface area contributed by atoms with Crippen LogP contribution in [0.25, 0.3) is 0 Å². The highest BCUT2D eigenvalue weighted by Gasteiger charge is 2.07. The van der Waals surface area contributed by atoms with Gasteiger partial charge >= 0.3 is 0 Å². The van der Waals surface area contributed by atoms with Gasteiger partial charge in [0, 0.05) is 19.7 Å². The summed E-state index contributed by atoms with van der Waals surface area (Å²) >= 11 is 0. The third kappa shape index (κ3) is 6.80. The third-order valence-electron chi connectivity index (χ3n) is 3.35. The van der Waals surface area contributed by atoms with Crippen molar-refractivity contribution in [1.29, 1.82) is 0 Å². The van der Waals surface area contributed by atoms with E-state index in [0.717, 1.165) is 18.5 Å². The van der Waals surface area contributed by atoms with Gasteiger partial charge in [-0.2, -0.15) is 5.10 Å². The average Bonchev–Trinajstić information content (AvgIpc) is 2.73. The van der Waals surface area contributed by atoms with E-state index in [2.05, 4.69) is 12.0 Å². The summed E-state index contributed by atoms with van der Waals surface area (Å²) in [7, 11) is 1.91. The maximum absolute atomic E-state index is 9.90. The van der Waals surface area contributed by atoms with E-state index < -0.39 is 0 Å². The highest BCUT2D eigenvalue weighted by atomic mass is 16.3. The van der Waals surface area contributed by atoms with Crippen molar-refractivity contribution < 1.29 is 5.11 Å². The van der Waals surface area contributed by atoms with Gasteiger partial charge in [0.15, 0.2) is 0 Å². The molecular formula is C15H28N2O. The van der Waals surface area contributed by atoms with Crippen LogP contribution in [0.1, 0.15) is 64.0 Å². The summed E-state index contributed by atoms with van der Waals surface area (Å²) in [6, 6.07) is 1.98. The number of hydrogen-bond acceptors (Lipinski definition) is 2. The summed E-state index contributed by atoms with van der Waals surface area (Å²) < 4.78 is 1.79. The molecule has 1 aromatic rings. The van der Waals surface area contributed by atoms with E-state index in [1.165, 1.54) is 38.5 Å². The smallest absolute Gasteiger partial charge is 0.0650 e. The number of unbranched alkanes of at least 4 members (excludes halogenated alkanes) is 6. The fourth-order valence-corrected chi connectivity index (χ4v) is 2.25. The molecule has 1 rings (SSSR count). The molecule has 0 fully saturated rings. The molecule has 18 heavy (non-hydrogen) atoms. The first-order valence-corrected chi connectivity index (χ1v) is 7.39. The molecule has 3 heteroatoms. The molecule has 0 radical (unpaired) electrons. The van der Waals surface area contributed by atoms with Crippen molar-refractivity contribution in [3.8, 4) is 0 Å². The van der Waals surface area contributed by atoms with Crippen molar-refractivity contribution >= 4 is 0 Å². The first-order chi connectivity index (χ1) is 8.72. The second kappa shape index (κ2) is 9.15. The SMILES string of the molecule is CCCCCCCCCC(O)Cc1ccn(C)n1. The van der Waals surface area contributed by atoms with Gasteiger partial charge < -0.3 is 5.11 Å². The third-order valence-corrected chi connectivity index (χ3v) is 3.35. The molecule has 3 nitrogen and oxygen atoms in total. The fourth-order valence-electron chi connectivity index (χ4n) is 2.25. The molecule has 0 amide bonds. The van der Waals surface area contributed by atoms with Gasteiger partial charge in [0.1, 0.15) is 0 Å². The van der Waals surface area contributed by atoms with Crippen LogP contribution in [0.15, 0.2) is 12.3 Å². The van der Waals surface area contributed by atoms with Gasteiger partial charge in [-0.05, 0) is 12.5 Å². The van der Waals surface area contributed by atoms with E-state index in [1.54, 1.807) is 4.68 Å². The normalized spacial score (nSPS) is 12.8. The number of aromatic nitrogens is 2. The van der Waals surface area contributed by atoms with Crippen LogP contribution in [-0.4, -0.2) is 21.0 Å². The van der Waals surface area contributed by atoms with E-state index in [1.807, 2.05) is 19.3 Å². The molecule has 0 bridgehead atoms. The van der Waals surface area contributed by atoms with Crippen LogP contribution >= 0.6 is 0 Å². The van der Waals surface area contributed by atoms with Crippen LogP contribution < -0.4 is 0 Å². The van der Waals surface area contributed by atoms with Gasteiger partial charge in [0.25, 0.3) is 0 Å². The molecule has 0 spiro atoms. The Hall–Kier alpha value is -0.830. The summed E-state index contributed by atoms with van der Waals surface area (Å²) in [5, 5.41) is 14.2. The average molecular weight is 252 g/mol. The molecule has 1 heterocycles. The first-order valence-electron chi connectivity index (χ1n) is 7.39. The Kier molecular flexibility index (Phi) is 7.74. The molecule has 0 aliphatic heterocycles. The van der Waals surface area contributed by atoms with Gasteiger partial charge in [-0.25, -0.2) is 0 Å². The standard InChI is InChI=1S/C15H28N2O/c1-3-4-5-6-7-8-9-10-15(18)13-14-11-12-17(2)16-14/h11-12,15,18H,3-10,13H2,1-2H3. The lowest BCUT2D eigenvalue weighted by molar-refractivity contribution is 0.159. The first kappa shape index (κ1) is 15.2. The minimum atomic E-state index is -0.226. The van der Waals surface area contributed by atoms with Crippen molar-refractivity contribution in [2.45, 2.75) is 70.8 Å². The molecular weight excluding hydrogens is 224 g/mol. The summed E-state index contributed by atoms with van der Waals surface area (Å²) in [6.45, 7) is 2.24. The van der Waals surface area contributed by atoms with E-state index in [0.29, 0.717) is 6.42 Å². The molecule has 0 aromatic carbocycles. The number of aliphatic hydroxyl groups is 1. The zero-order valence-corrected chi connectivity index (χ0v) is 11.9. The molecule has 1 atom stereocenters. The minimum Gasteiger partial charge on any atom is -0.393 e. The second-order valence-electron chi connectivity index (χ2n) is 5.25. The van der Waals surface area contributed by atoms with Crippen LogP contribution in [0, 0.1) is 0 Å². The molecule has 1 N–H and O–H groups in total. The minimum absolute atomic E-state index is 0.226. The summed E-state index contributed by atoms with van der Waals surface area (Å²) in [6.07, 6.45) is 12.4. The zero-order chi connectivity index (χ0) is 13.2. The number of rotatable bonds is 10. The van der Waals surface area contributed by atoms with Gasteiger partial charge in [-0.3, -0.25) is 4.68 Å². The maximum Gasteiger partial charge on any atom is 0.0650 e. The highest BCUT2D eigenvalue weighted by Crippen LogP contribution is 2.11. The van der Waals surface area contributed by atoms with Crippen LogP contribution in [0.3, 0.4) is 0 Å². The lowest BCUT2D eigenvalue weighted by atomic mass is 10.0. The molecule has 1 unspecified atom stereocenters. The maximum atomic E-state index is 9.90. The molecule has 0 aliphatic rings. The zero-order valence-electron chi connectivity index (χ0n) is 11.9. The number of nitrogens with zero attached hydrogens (tertiary/aromatic N) is 2. The van der Waals surface area contributed by atoms with Crippen molar-refractivity contribution in [3.63, 3.8) is 0 Å². The topological polar surface area (TPSA) is 38.0 Å². The highest BCUT2D eigenvalue weighted by molar-refractivity contribution is 5.00. The molecule has 1 aromatic heterocycles. The molecule has 104 valence electrons. The Morgan fingerprint density at radius 2 is 1.83 bits per heavy atom.